The second-order valence-electron chi connectivity index (χ2n) is 13.5. The summed E-state index contributed by atoms with van der Waals surface area (Å²) in [5.41, 5.74) is 8.06. The molecule has 6 aromatic carbocycles. The Bertz CT molecular complexity index is 1830. The number of carbonyl (C=O) groups excluding carboxylic acids is 2. The van der Waals surface area contributed by atoms with E-state index in [1.54, 1.807) is 0 Å². The molecule has 2 fully saturated rings. The Morgan fingerprint density at radius 1 is 0.429 bits per heavy atom. The molecule has 2 aliphatic rings. The minimum atomic E-state index is -0.288. The first kappa shape index (κ1) is 30.6. The van der Waals surface area contributed by atoms with Gasteiger partial charge in [-0.05, 0) is 76.9 Å². The molecule has 240 valence electrons. The van der Waals surface area contributed by atoms with Crippen molar-refractivity contribution in [1.29, 1.82) is 0 Å². The van der Waals surface area contributed by atoms with Crippen LogP contribution in [0.5, 0.6) is 0 Å². The summed E-state index contributed by atoms with van der Waals surface area (Å²) >= 11 is 0. The van der Waals surface area contributed by atoms with E-state index in [0.29, 0.717) is 0 Å². The lowest BCUT2D eigenvalue weighted by Gasteiger charge is -2.19. The van der Waals surface area contributed by atoms with Gasteiger partial charge in [0.25, 0.3) is 0 Å². The maximum absolute atomic E-state index is 13.5. The molecular formula is C45H38N2O2. The normalized spacial score (nSPS) is 18.2. The topological polar surface area (TPSA) is 58.2 Å². The van der Waals surface area contributed by atoms with E-state index in [2.05, 4.69) is 83.4 Å². The highest BCUT2D eigenvalue weighted by Crippen LogP contribution is 2.60. The van der Waals surface area contributed by atoms with Crippen LogP contribution < -0.4 is 10.6 Å². The van der Waals surface area contributed by atoms with E-state index in [4.69, 9.17) is 0 Å². The van der Waals surface area contributed by atoms with Gasteiger partial charge in [0.15, 0.2) is 0 Å². The third-order valence-electron chi connectivity index (χ3n) is 10.6. The predicted molar refractivity (Wildman–Crippen MR) is 196 cm³/mol. The molecule has 0 saturated heterocycles. The monoisotopic (exact) mass is 638 g/mol. The molecule has 0 heterocycles. The zero-order valence-corrected chi connectivity index (χ0v) is 27.3. The first-order valence-corrected chi connectivity index (χ1v) is 17.1. The maximum Gasteiger partial charge on any atom is 0.228 e. The number of hydrogen-bond acceptors (Lipinski definition) is 2. The molecule has 2 amide bonds. The summed E-state index contributed by atoms with van der Waals surface area (Å²) in [5.74, 6) is -0.142. The molecule has 0 aromatic heterocycles. The van der Waals surface area contributed by atoms with Crippen LogP contribution in [-0.4, -0.2) is 11.8 Å². The highest BCUT2D eigenvalue weighted by atomic mass is 16.2. The van der Waals surface area contributed by atoms with E-state index in [1.807, 2.05) is 97.1 Å². The fourth-order valence-corrected chi connectivity index (χ4v) is 7.82. The number of rotatable bonds is 10. The summed E-state index contributed by atoms with van der Waals surface area (Å²) in [6.07, 6.45) is 2.34. The lowest BCUT2D eigenvalue weighted by atomic mass is 9.85. The van der Waals surface area contributed by atoms with Crippen LogP contribution in [-0.2, 0) is 26.8 Å². The SMILES string of the molecule is O=C(Nc1ccc(Cc2ccc(NC(=O)C3CC3(c3ccccc3)c3ccccc3)cc2)cc1)C1CC1(c1ccccc1)c1ccccc1. The van der Waals surface area contributed by atoms with Gasteiger partial charge in [-0.15, -0.1) is 0 Å². The molecule has 0 radical (unpaired) electrons. The molecule has 4 heteroatoms. The second kappa shape index (κ2) is 12.7. The van der Waals surface area contributed by atoms with Crippen LogP contribution in [0.1, 0.15) is 46.2 Å². The first-order valence-electron chi connectivity index (χ1n) is 17.1. The molecule has 2 N–H and O–H groups in total. The van der Waals surface area contributed by atoms with Gasteiger partial charge >= 0.3 is 0 Å². The van der Waals surface area contributed by atoms with Gasteiger partial charge in [0.05, 0.1) is 11.8 Å². The zero-order chi connectivity index (χ0) is 33.3. The Morgan fingerprint density at radius 2 is 0.714 bits per heavy atom. The van der Waals surface area contributed by atoms with Crippen molar-refractivity contribution < 1.29 is 9.59 Å². The van der Waals surface area contributed by atoms with Crippen LogP contribution in [0.4, 0.5) is 11.4 Å². The molecule has 0 spiro atoms. The summed E-state index contributed by atoms with van der Waals surface area (Å²) in [4.78, 5) is 27.0. The quantitative estimate of drug-likeness (QED) is 0.157. The molecule has 2 aliphatic carbocycles. The summed E-state index contributed by atoms with van der Waals surface area (Å²) in [6.45, 7) is 0. The van der Waals surface area contributed by atoms with Crippen molar-refractivity contribution in [2.45, 2.75) is 30.1 Å². The number of nitrogens with one attached hydrogen (secondary N) is 2. The van der Waals surface area contributed by atoms with Crippen molar-refractivity contribution in [1.82, 2.24) is 0 Å². The molecule has 49 heavy (non-hydrogen) atoms. The van der Waals surface area contributed by atoms with Gasteiger partial charge in [-0.25, -0.2) is 0 Å². The van der Waals surface area contributed by atoms with Crippen molar-refractivity contribution >= 4 is 23.2 Å². The highest BCUT2D eigenvalue weighted by molar-refractivity contribution is 5.98. The molecule has 4 nitrogen and oxygen atoms in total. The summed E-state index contributed by atoms with van der Waals surface area (Å²) < 4.78 is 0. The summed E-state index contributed by atoms with van der Waals surface area (Å²) in [6, 6.07) is 57.7. The third kappa shape index (κ3) is 5.84. The van der Waals surface area contributed by atoms with Crippen molar-refractivity contribution in [3.05, 3.63) is 203 Å². The lowest BCUT2D eigenvalue weighted by Crippen LogP contribution is -2.22. The number of benzene rings is 6. The number of carbonyl (C=O) groups is 2. The number of hydrogen-bond donors (Lipinski definition) is 2. The van der Waals surface area contributed by atoms with Gasteiger partial charge in [-0.1, -0.05) is 146 Å². The largest absolute Gasteiger partial charge is 0.326 e. The number of amides is 2. The van der Waals surface area contributed by atoms with Crippen LogP contribution >= 0.6 is 0 Å². The van der Waals surface area contributed by atoms with Crippen molar-refractivity contribution in [2.24, 2.45) is 11.8 Å². The van der Waals surface area contributed by atoms with E-state index in [1.165, 1.54) is 22.3 Å². The molecule has 0 bridgehead atoms. The maximum atomic E-state index is 13.5. The van der Waals surface area contributed by atoms with Crippen LogP contribution in [0.3, 0.4) is 0 Å². The fraction of sp³-hybridized carbons (Fsp3) is 0.156. The van der Waals surface area contributed by atoms with Gasteiger partial charge in [-0.2, -0.15) is 0 Å². The summed E-state index contributed by atoms with van der Waals surface area (Å²) in [5, 5.41) is 6.35. The van der Waals surface area contributed by atoms with Gasteiger partial charge in [-0.3, -0.25) is 9.59 Å². The third-order valence-corrected chi connectivity index (χ3v) is 10.6. The van der Waals surface area contributed by atoms with E-state index < -0.39 is 0 Å². The number of anilines is 2. The van der Waals surface area contributed by atoms with Crippen molar-refractivity contribution in [3.63, 3.8) is 0 Å². The average molecular weight is 639 g/mol. The Kier molecular flexibility index (Phi) is 7.93. The Balaban J connectivity index is 0.891. The molecule has 6 aromatic rings. The van der Waals surface area contributed by atoms with E-state index in [-0.39, 0.29) is 34.5 Å². The molecule has 2 atom stereocenters. The van der Waals surface area contributed by atoms with Crippen LogP contribution in [0.2, 0.25) is 0 Å². The molecule has 2 unspecified atom stereocenters. The smallest absolute Gasteiger partial charge is 0.228 e. The molecular weight excluding hydrogens is 601 g/mol. The zero-order valence-electron chi connectivity index (χ0n) is 27.3. The molecule has 8 rings (SSSR count). The Hall–Kier alpha value is -5.74. The van der Waals surface area contributed by atoms with E-state index in [9.17, 15) is 9.59 Å². The van der Waals surface area contributed by atoms with Crippen LogP contribution in [0.25, 0.3) is 0 Å². The molecule has 2 saturated carbocycles. The molecule has 0 aliphatic heterocycles. The minimum Gasteiger partial charge on any atom is -0.326 e. The van der Waals surface area contributed by atoms with Gasteiger partial charge in [0, 0.05) is 22.2 Å². The van der Waals surface area contributed by atoms with Gasteiger partial charge < -0.3 is 10.6 Å². The van der Waals surface area contributed by atoms with Gasteiger partial charge in [0.1, 0.15) is 0 Å². The second-order valence-corrected chi connectivity index (χ2v) is 13.5. The van der Waals surface area contributed by atoms with Crippen LogP contribution in [0.15, 0.2) is 170 Å². The van der Waals surface area contributed by atoms with E-state index >= 15 is 0 Å². The van der Waals surface area contributed by atoms with Crippen LogP contribution in [0, 0.1) is 11.8 Å². The summed E-state index contributed by atoms with van der Waals surface area (Å²) in [7, 11) is 0. The lowest BCUT2D eigenvalue weighted by molar-refractivity contribution is -0.118. The Morgan fingerprint density at radius 3 is 1.00 bits per heavy atom. The standard InChI is InChI=1S/C45H38N2O2/c48-42(40-30-44(40,34-13-5-1-6-14-34)35-15-7-2-8-16-35)46-38-25-21-32(22-26-38)29-33-23-27-39(28-24-33)47-43(49)41-31-45(41,36-17-9-3-10-18-36)37-19-11-4-12-20-37/h1-28,40-41H,29-31H2,(H,46,48)(H,47,49). The first-order chi connectivity index (χ1) is 24.1. The van der Waals surface area contributed by atoms with Crippen molar-refractivity contribution in [2.75, 3.05) is 10.6 Å². The van der Waals surface area contributed by atoms with Gasteiger partial charge in [0.2, 0.25) is 11.8 Å². The minimum absolute atomic E-state index is 0.0501. The predicted octanol–water partition coefficient (Wildman–Crippen LogP) is 9.17. The van der Waals surface area contributed by atoms with E-state index in [0.717, 1.165) is 41.8 Å². The average Bonchev–Trinajstić information content (AvgIpc) is 4.09. The van der Waals surface area contributed by atoms with Crippen molar-refractivity contribution in [3.8, 4) is 0 Å². The fourth-order valence-electron chi connectivity index (χ4n) is 7.82. The Labute approximate surface area is 287 Å². The highest BCUT2D eigenvalue weighted by Gasteiger charge is 2.61.